The first-order chi connectivity index (χ1) is 8.99. The van der Waals surface area contributed by atoms with Gasteiger partial charge in [0.25, 0.3) is 0 Å². The first-order valence-corrected chi connectivity index (χ1v) is 6.82. The molecule has 0 aliphatic carbocycles. The highest BCUT2D eigenvalue weighted by Crippen LogP contribution is 2.22. The van der Waals surface area contributed by atoms with Crippen LogP contribution in [0.3, 0.4) is 0 Å². The Bertz CT molecular complexity index is 431. The van der Waals surface area contributed by atoms with Crippen molar-refractivity contribution in [2.75, 3.05) is 19.7 Å². The van der Waals surface area contributed by atoms with Crippen molar-refractivity contribution in [3.05, 3.63) is 30.1 Å². The lowest BCUT2D eigenvalue weighted by Gasteiger charge is -2.30. The minimum atomic E-state index is -0.263. The number of carbonyl (C=O) groups excluding carboxylic acids is 1. The molecule has 0 saturated carbocycles. The van der Waals surface area contributed by atoms with Crippen molar-refractivity contribution >= 4 is 5.91 Å². The standard InChI is InChI=1S/C15H22N2O2/c1-12(13-6-4-7-16-10-13)14(18)17-8-5-9-19-15(2,3)11-17/h4,6-7,10,12H,5,8-9,11H2,1-3H3. The Morgan fingerprint density at radius 1 is 1.53 bits per heavy atom. The number of aromatic nitrogens is 1. The maximum atomic E-state index is 12.6. The summed E-state index contributed by atoms with van der Waals surface area (Å²) in [4.78, 5) is 18.6. The van der Waals surface area contributed by atoms with Crippen LogP contribution in [0, 0.1) is 0 Å². The predicted octanol–water partition coefficient (Wildman–Crippen LogP) is 2.21. The smallest absolute Gasteiger partial charge is 0.229 e. The van der Waals surface area contributed by atoms with E-state index in [1.54, 1.807) is 12.4 Å². The summed E-state index contributed by atoms with van der Waals surface area (Å²) in [6.07, 6.45) is 4.39. The van der Waals surface area contributed by atoms with Gasteiger partial charge < -0.3 is 9.64 Å². The zero-order valence-corrected chi connectivity index (χ0v) is 11.9. The van der Waals surface area contributed by atoms with E-state index in [2.05, 4.69) is 4.98 Å². The fourth-order valence-electron chi connectivity index (χ4n) is 2.42. The summed E-state index contributed by atoms with van der Waals surface area (Å²) in [5.74, 6) is 0.00850. The van der Waals surface area contributed by atoms with Crippen molar-refractivity contribution in [1.29, 1.82) is 0 Å². The van der Waals surface area contributed by atoms with Crippen LogP contribution in [0.15, 0.2) is 24.5 Å². The Labute approximate surface area is 114 Å². The highest BCUT2D eigenvalue weighted by atomic mass is 16.5. The van der Waals surface area contributed by atoms with Gasteiger partial charge in [0, 0.05) is 32.1 Å². The fraction of sp³-hybridized carbons (Fsp3) is 0.600. The number of nitrogens with zero attached hydrogens (tertiary/aromatic N) is 2. The van der Waals surface area contributed by atoms with E-state index < -0.39 is 0 Å². The molecular weight excluding hydrogens is 240 g/mol. The van der Waals surface area contributed by atoms with Crippen LogP contribution in [0.1, 0.15) is 38.7 Å². The van der Waals surface area contributed by atoms with E-state index in [1.165, 1.54) is 0 Å². The third kappa shape index (κ3) is 3.53. The number of pyridine rings is 1. The quantitative estimate of drug-likeness (QED) is 0.820. The normalized spacial score (nSPS) is 20.7. The Balaban J connectivity index is 2.10. The number of hydrogen-bond donors (Lipinski definition) is 0. The number of amides is 1. The highest BCUT2D eigenvalue weighted by Gasteiger charge is 2.30. The van der Waals surface area contributed by atoms with E-state index in [0.29, 0.717) is 6.54 Å². The molecule has 1 aromatic rings. The lowest BCUT2D eigenvalue weighted by Crippen LogP contribution is -2.43. The Morgan fingerprint density at radius 2 is 2.32 bits per heavy atom. The van der Waals surface area contributed by atoms with Crippen molar-refractivity contribution in [3.63, 3.8) is 0 Å². The fourth-order valence-corrected chi connectivity index (χ4v) is 2.42. The molecule has 0 aromatic carbocycles. The van der Waals surface area contributed by atoms with Gasteiger partial charge in [0.1, 0.15) is 0 Å². The molecule has 4 nitrogen and oxygen atoms in total. The van der Waals surface area contributed by atoms with Crippen molar-refractivity contribution < 1.29 is 9.53 Å². The second kappa shape index (κ2) is 5.70. The first kappa shape index (κ1) is 14.0. The topological polar surface area (TPSA) is 42.4 Å². The van der Waals surface area contributed by atoms with Crippen LogP contribution in [0.5, 0.6) is 0 Å². The van der Waals surface area contributed by atoms with Crippen molar-refractivity contribution in [3.8, 4) is 0 Å². The van der Waals surface area contributed by atoms with E-state index in [9.17, 15) is 4.79 Å². The predicted molar refractivity (Wildman–Crippen MR) is 73.9 cm³/mol. The van der Waals surface area contributed by atoms with E-state index >= 15 is 0 Å². The molecule has 1 fully saturated rings. The molecule has 2 rings (SSSR count). The molecule has 1 amide bonds. The number of carbonyl (C=O) groups is 1. The molecule has 1 aliphatic rings. The molecule has 1 atom stereocenters. The van der Waals surface area contributed by atoms with E-state index in [1.807, 2.05) is 37.8 Å². The van der Waals surface area contributed by atoms with E-state index in [4.69, 9.17) is 4.74 Å². The second-order valence-corrected chi connectivity index (χ2v) is 5.73. The maximum absolute atomic E-state index is 12.6. The molecule has 2 heterocycles. The van der Waals surface area contributed by atoms with Gasteiger partial charge in [0.15, 0.2) is 0 Å². The third-order valence-electron chi connectivity index (χ3n) is 3.50. The monoisotopic (exact) mass is 262 g/mol. The summed E-state index contributed by atoms with van der Waals surface area (Å²) in [5.41, 5.74) is 0.705. The average Bonchev–Trinajstić information content (AvgIpc) is 2.59. The van der Waals surface area contributed by atoms with Crippen LogP contribution < -0.4 is 0 Å². The maximum Gasteiger partial charge on any atom is 0.229 e. The van der Waals surface area contributed by atoms with Crippen LogP contribution >= 0.6 is 0 Å². The summed E-state index contributed by atoms with van der Waals surface area (Å²) in [5, 5.41) is 0. The minimum Gasteiger partial charge on any atom is -0.374 e. The largest absolute Gasteiger partial charge is 0.374 e. The van der Waals surface area contributed by atoms with Gasteiger partial charge in [0.2, 0.25) is 5.91 Å². The number of rotatable bonds is 2. The van der Waals surface area contributed by atoms with Crippen molar-refractivity contribution in [1.82, 2.24) is 9.88 Å². The molecule has 104 valence electrons. The zero-order valence-electron chi connectivity index (χ0n) is 11.9. The van der Waals surface area contributed by atoms with Crippen LogP contribution in [0.4, 0.5) is 0 Å². The van der Waals surface area contributed by atoms with Gasteiger partial charge in [0.05, 0.1) is 11.5 Å². The van der Waals surface area contributed by atoms with Crippen LogP contribution in [0.25, 0.3) is 0 Å². The average molecular weight is 262 g/mol. The van der Waals surface area contributed by atoms with E-state index in [0.717, 1.165) is 25.1 Å². The molecule has 0 N–H and O–H groups in total. The summed E-state index contributed by atoms with van der Waals surface area (Å²) >= 11 is 0. The van der Waals surface area contributed by atoms with Crippen LogP contribution in [0.2, 0.25) is 0 Å². The zero-order chi connectivity index (χ0) is 13.9. The molecule has 1 unspecified atom stereocenters. The lowest BCUT2D eigenvalue weighted by molar-refractivity contribution is -0.134. The second-order valence-electron chi connectivity index (χ2n) is 5.73. The van der Waals surface area contributed by atoms with Gasteiger partial charge in [-0.1, -0.05) is 6.07 Å². The molecule has 1 aromatic heterocycles. The lowest BCUT2D eigenvalue weighted by atomic mass is 10.0. The van der Waals surface area contributed by atoms with Gasteiger partial charge in [-0.3, -0.25) is 9.78 Å². The molecule has 0 bridgehead atoms. The Morgan fingerprint density at radius 3 is 3.00 bits per heavy atom. The molecule has 0 spiro atoms. The molecule has 1 aliphatic heterocycles. The van der Waals surface area contributed by atoms with Gasteiger partial charge >= 0.3 is 0 Å². The van der Waals surface area contributed by atoms with Gasteiger partial charge in [-0.15, -0.1) is 0 Å². The molecule has 4 heteroatoms. The summed E-state index contributed by atoms with van der Waals surface area (Å²) < 4.78 is 5.75. The van der Waals surface area contributed by atoms with Gasteiger partial charge in [-0.05, 0) is 38.8 Å². The van der Waals surface area contributed by atoms with Gasteiger partial charge in [-0.2, -0.15) is 0 Å². The van der Waals surface area contributed by atoms with Crippen LogP contribution in [-0.4, -0.2) is 41.1 Å². The highest BCUT2D eigenvalue weighted by molar-refractivity contribution is 5.83. The van der Waals surface area contributed by atoms with Gasteiger partial charge in [-0.25, -0.2) is 0 Å². The third-order valence-corrected chi connectivity index (χ3v) is 3.50. The number of ether oxygens (including phenoxy) is 1. The minimum absolute atomic E-state index is 0.150. The summed E-state index contributed by atoms with van der Waals surface area (Å²) in [6.45, 7) is 8.15. The molecule has 19 heavy (non-hydrogen) atoms. The first-order valence-electron chi connectivity index (χ1n) is 6.82. The summed E-state index contributed by atoms with van der Waals surface area (Å²) in [6, 6.07) is 3.82. The molecule has 1 saturated heterocycles. The Kier molecular flexibility index (Phi) is 4.20. The van der Waals surface area contributed by atoms with Crippen LogP contribution in [-0.2, 0) is 9.53 Å². The molecular formula is C15H22N2O2. The SMILES string of the molecule is CC(C(=O)N1CCCOC(C)(C)C1)c1cccnc1. The number of hydrogen-bond acceptors (Lipinski definition) is 3. The van der Waals surface area contributed by atoms with E-state index in [-0.39, 0.29) is 17.4 Å². The Hall–Kier alpha value is -1.42. The molecule has 0 radical (unpaired) electrons. The summed E-state index contributed by atoms with van der Waals surface area (Å²) in [7, 11) is 0. The van der Waals surface area contributed by atoms with Crippen molar-refractivity contribution in [2.24, 2.45) is 0 Å². The van der Waals surface area contributed by atoms with Crippen molar-refractivity contribution in [2.45, 2.75) is 38.7 Å².